The first-order valence-corrected chi connectivity index (χ1v) is 7.82. The Bertz CT molecular complexity index is 1050. The monoisotopic (exact) mass is 332 g/mol. The number of nitrogens with zero attached hydrogens (tertiary/aromatic N) is 3. The molecule has 0 aliphatic carbocycles. The fraction of sp³-hybridized carbons (Fsp3) is 0.0526. The smallest absolute Gasteiger partial charge is 0.274 e. The molecule has 6 heteroatoms. The van der Waals surface area contributed by atoms with E-state index < -0.39 is 0 Å². The van der Waals surface area contributed by atoms with E-state index in [0.29, 0.717) is 17.1 Å². The van der Waals surface area contributed by atoms with Gasteiger partial charge < -0.3 is 14.5 Å². The Kier molecular flexibility index (Phi) is 3.70. The van der Waals surface area contributed by atoms with Crippen LogP contribution >= 0.6 is 0 Å². The van der Waals surface area contributed by atoms with E-state index in [1.165, 1.54) is 0 Å². The molecule has 0 bridgehead atoms. The molecule has 0 atom stereocenters. The maximum atomic E-state index is 12.7. The number of ether oxygens (including phenoxy) is 1. The molecule has 0 saturated carbocycles. The van der Waals surface area contributed by atoms with Crippen molar-refractivity contribution in [1.29, 1.82) is 0 Å². The van der Waals surface area contributed by atoms with Crippen LogP contribution in [0.25, 0.3) is 11.3 Å². The molecule has 6 nitrogen and oxygen atoms in total. The van der Waals surface area contributed by atoms with Crippen LogP contribution in [0.4, 0.5) is 5.69 Å². The molecule has 0 fully saturated rings. The number of carbonyl (C=O) groups is 1. The van der Waals surface area contributed by atoms with Gasteiger partial charge in [0.2, 0.25) is 0 Å². The van der Waals surface area contributed by atoms with Crippen molar-refractivity contribution in [2.24, 2.45) is 0 Å². The number of carbonyl (C=O) groups excluding carboxylic acids is 1. The van der Waals surface area contributed by atoms with Gasteiger partial charge in [-0.2, -0.15) is 5.10 Å². The van der Waals surface area contributed by atoms with Crippen LogP contribution in [0, 0.1) is 0 Å². The number of amides is 1. The van der Waals surface area contributed by atoms with Crippen molar-refractivity contribution in [2.45, 2.75) is 0 Å². The molecular formula is C19H16N4O2. The van der Waals surface area contributed by atoms with Crippen LogP contribution in [0.15, 0.2) is 73.1 Å². The summed E-state index contributed by atoms with van der Waals surface area (Å²) in [7, 11) is 1.59. The number of nitrogens with one attached hydrogen (secondary N) is 1. The molecule has 0 unspecified atom stereocenters. The van der Waals surface area contributed by atoms with E-state index in [0.717, 1.165) is 11.3 Å². The fourth-order valence-electron chi connectivity index (χ4n) is 2.77. The number of aromatic nitrogens is 3. The standard InChI is InChI=1S/C19H16N4O2/c1-25-16-7-4-5-14(13-16)21-19(24)17-10-11-20-23(17)18-9-8-15-6-2-3-12-22(15)18/h2-13H,1H3,(H,21,24). The Morgan fingerprint density at radius 2 is 2.00 bits per heavy atom. The number of rotatable bonds is 4. The molecule has 1 amide bonds. The van der Waals surface area contributed by atoms with Gasteiger partial charge in [-0.05, 0) is 42.5 Å². The minimum absolute atomic E-state index is 0.239. The lowest BCUT2D eigenvalue weighted by Crippen LogP contribution is -2.17. The van der Waals surface area contributed by atoms with Crippen molar-refractivity contribution in [3.8, 4) is 11.6 Å². The van der Waals surface area contributed by atoms with E-state index in [-0.39, 0.29) is 5.91 Å². The first-order chi connectivity index (χ1) is 12.3. The van der Waals surface area contributed by atoms with Gasteiger partial charge in [0.25, 0.3) is 5.91 Å². The predicted octanol–water partition coefficient (Wildman–Crippen LogP) is 3.39. The van der Waals surface area contributed by atoms with Crippen LogP contribution in [0.2, 0.25) is 0 Å². The maximum absolute atomic E-state index is 12.7. The zero-order chi connectivity index (χ0) is 17.2. The van der Waals surface area contributed by atoms with Gasteiger partial charge >= 0.3 is 0 Å². The SMILES string of the molecule is COc1cccc(NC(=O)c2ccnn2-c2ccc3ccccn23)c1. The highest BCUT2D eigenvalue weighted by atomic mass is 16.5. The average Bonchev–Trinajstić information content (AvgIpc) is 3.28. The second-order valence-corrected chi connectivity index (χ2v) is 5.50. The van der Waals surface area contributed by atoms with Crippen molar-refractivity contribution < 1.29 is 9.53 Å². The minimum atomic E-state index is -0.239. The number of benzene rings is 1. The summed E-state index contributed by atoms with van der Waals surface area (Å²) in [6.45, 7) is 0. The minimum Gasteiger partial charge on any atom is -0.497 e. The Labute approximate surface area is 144 Å². The number of methoxy groups -OCH3 is 1. The van der Waals surface area contributed by atoms with Gasteiger partial charge in [-0.25, -0.2) is 4.68 Å². The third kappa shape index (κ3) is 2.74. The number of hydrogen-bond acceptors (Lipinski definition) is 3. The number of pyridine rings is 1. The van der Waals surface area contributed by atoms with E-state index in [9.17, 15) is 4.79 Å². The molecule has 1 N–H and O–H groups in total. The summed E-state index contributed by atoms with van der Waals surface area (Å²) in [5.41, 5.74) is 2.15. The highest BCUT2D eigenvalue weighted by Gasteiger charge is 2.16. The highest BCUT2D eigenvalue weighted by Crippen LogP contribution is 2.19. The first-order valence-electron chi connectivity index (χ1n) is 7.82. The second-order valence-electron chi connectivity index (χ2n) is 5.50. The largest absolute Gasteiger partial charge is 0.497 e. The molecule has 124 valence electrons. The lowest BCUT2D eigenvalue weighted by atomic mass is 10.3. The third-order valence-corrected chi connectivity index (χ3v) is 3.96. The van der Waals surface area contributed by atoms with Gasteiger partial charge in [-0.3, -0.25) is 4.79 Å². The number of anilines is 1. The van der Waals surface area contributed by atoms with Crippen LogP contribution in [-0.4, -0.2) is 27.2 Å². The summed E-state index contributed by atoms with van der Waals surface area (Å²) in [4.78, 5) is 12.7. The molecule has 3 aromatic heterocycles. The van der Waals surface area contributed by atoms with Crippen molar-refractivity contribution >= 4 is 17.1 Å². The molecule has 4 rings (SSSR count). The Hall–Kier alpha value is -3.54. The van der Waals surface area contributed by atoms with Crippen molar-refractivity contribution in [2.75, 3.05) is 12.4 Å². The topological polar surface area (TPSA) is 60.6 Å². The molecule has 4 aromatic rings. The van der Waals surface area contributed by atoms with Crippen LogP contribution in [0.1, 0.15) is 10.5 Å². The summed E-state index contributed by atoms with van der Waals surface area (Å²) >= 11 is 0. The summed E-state index contributed by atoms with van der Waals surface area (Å²) < 4.78 is 8.79. The fourth-order valence-corrected chi connectivity index (χ4v) is 2.77. The molecule has 0 aliphatic heterocycles. The second kappa shape index (κ2) is 6.16. The van der Waals surface area contributed by atoms with Crippen LogP contribution in [0.5, 0.6) is 5.75 Å². The molecule has 0 saturated heterocycles. The van der Waals surface area contributed by atoms with Crippen LogP contribution in [0.3, 0.4) is 0 Å². The quantitative estimate of drug-likeness (QED) is 0.623. The number of hydrogen-bond donors (Lipinski definition) is 1. The summed E-state index contributed by atoms with van der Waals surface area (Å²) in [5.74, 6) is 1.25. The van der Waals surface area contributed by atoms with Gasteiger partial charge in [0, 0.05) is 23.5 Å². The zero-order valence-corrected chi connectivity index (χ0v) is 13.6. The van der Waals surface area contributed by atoms with E-state index in [1.807, 2.05) is 59.1 Å². The molecule has 3 heterocycles. The normalized spacial score (nSPS) is 10.8. The molecule has 0 radical (unpaired) electrons. The van der Waals surface area contributed by atoms with E-state index in [1.54, 1.807) is 30.1 Å². The van der Waals surface area contributed by atoms with E-state index in [4.69, 9.17) is 4.74 Å². The molecular weight excluding hydrogens is 316 g/mol. The van der Waals surface area contributed by atoms with Crippen molar-refractivity contribution in [3.63, 3.8) is 0 Å². The first kappa shape index (κ1) is 15.0. The van der Waals surface area contributed by atoms with Gasteiger partial charge in [-0.15, -0.1) is 0 Å². The Morgan fingerprint density at radius 3 is 2.88 bits per heavy atom. The predicted molar refractivity (Wildman–Crippen MR) is 95.5 cm³/mol. The molecule has 1 aromatic carbocycles. The average molecular weight is 332 g/mol. The van der Waals surface area contributed by atoms with Gasteiger partial charge in [0.05, 0.1) is 13.3 Å². The third-order valence-electron chi connectivity index (χ3n) is 3.96. The molecule has 25 heavy (non-hydrogen) atoms. The van der Waals surface area contributed by atoms with Gasteiger partial charge in [0.15, 0.2) is 0 Å². The van der Waals surface area contributed by atoms with Crippen molar-refractivity contribution in [1.82, 2.24) is 14.2 Å². The van der Waals surface area contributed by atoms with E-state index >= 15 is 0 Å². The Balaban J connectivity index is 1.68. The number of fused-ring (bicyclic) bond motifs is 1. The van der Waals surface area contributed by atoms with Crippen LogP contribution < -0.4 is 10.1 Å². The van der Waals surface area contributed by atoms with Crippen molar-refractivity contribution in [3.05, 3.63) is 78.8 Å². The Morgan fingerprint density at radius 1 is 1.08 bits per heavy atom. The summed E-state index contributed by atoms with van der Waals surface area (Å²) in [5, 5.41) is 7.20. The van der Waals surface area contributed by atoms with E-state index in [2.05, 4.69) is 10.4 Å². The van der Waals surface area contributed by atoms with Gasteiger partial charge in [0.1, 0.15) is 17.3 Å². The highest BCUT2D eigenvalue weighted by molar-refractivity contribution is 6.03. The lowest BCUT2D eigenvalue weighted by Gasteiger charge is -2.09. The molecule has 0 spiro atoms. The summed E-state index contributed by atoms with van der Waals surface area (Å²) in [6.07, 6.45) is 3.55. The molecule has 0 aliphatic rings. The van der Waals surface area contributed by atoms with Crippen LogP contribution in [-0.2, 0) is 0 Å². The summed E-state index contributed by atoms with van der Waals surface area (Å²) in [6, 6.07) is 18.8. The lowest BCUT2D eigenvalue weighted by molar-refractivity contribution is 0.101. The zero-order valence-electron chi connectivity index (χ0n) is 13.6. The van der Waals surface area contributed by atoms with Gasteiger partial charge in [-0.1, -0.05) is 12.1 Å². The maximum Gasteiger partial charge on any atom is 0.274 e.